The normalized spacial score (nSPS) is 14.0. The first-order valence-electron chi connectivity index (χ1n) is 9.78. The molecule has 4 rings (SSSR count). The number of para-hydroxylation sites is 1. The van der Waals surface area contributed by atoms with E-state index in [0.29, 0.717) is 37.0 Å². The first kappa shape index (κ1) is 18.9. The molecule has 1 amide bonds. The third kappa shape index (κ3) is 4.68. The van der Waals surface area contributed by atoms with E-state index in [1.54, 1.807) is 19.2 Å². The van der Waals surface area contributed by atoms with Gasteiger partial charge in [-0.25, -0.2) is 9.97 Å². The lowest BCUT2D eigenvalue weighted by Crippen LogP contribution is -2.49. The highest BCUT2D eigenvalue weighted by Crippen LogP contribution is 2.17. The van der Waals surface area contributed by atoms with E-state index in [9.17, 15) is 4.79 Å². The van der Waals surface area contributed by atoms with E-state index in [1.165, 1.54) is 5.69 Å². The molecule has 0 aliphatic carbocycles. The van der Waals surface area contributed by atoms with Gasteiger partial charge < -0.3 is 15.1 Å². The van der Waals surface area contributed by atoms with E-state index in [0.717, 1.165) is 18.8 Å². The van der Waals surface area contributed by atoms with Crippen molar-refractivity contribution in [1.82, 2.24) is 19.9 Å². The SMILES string of the molecule is Cc1nc(NCc2ccccn2)cc(C(=O)N2CCN(c3ccccc3)CC2)n1. The summed E-state index contributed by atoms with van der Waals surface area (Å²) in [5.74, 6) is 1.15. The zero-order valence-electron chi connectivity index (χ0n) is 16.5. The van der Waals surface area contributed by atoms with Gasteiger partial charge in [0.25, 0.3) is 5.91 Å². The summed E-state index contributed by atoms with van der Waals surface area (Å²) in [6, 6.07) is 17.8. The number of nitrogens with zero attached hydrogens (tertiary/aromatic N) is 5. The highest BCUT2D eigenvalue weighted by Gasteiger charge is 2.23. The molecule has 0 spiro atoms. The van der Waals surface area contributed by atoms with Gasteiger partial charge in [0, 0.05) is 44.1 Å². The molecule has 7 heteroatoms. The fraction of sp³-hybridized carbons (Fsp3) is 0.273. The number of piperazine rings is 1. The Hall–Kier alpha value is -3.48. The smallest absolute Gasteiger partial charge is 0.272 e. The number of carbonyl (C=O) groups excluding carboxylic acids is 1. The van der Waals surface area contributed by atoms with Crippen molar-refractivity contribution in [2.24, 2.45) is 0 Å². The standard InChI is InChI=1S/C22H24N6O/c1-17-25-20(15-21(26-17)24-16-18-7-5-6-10-23-18)22(29)28-13-11-27(12-14-28)19-8-3-2-4-9-19/h2-10,15H,11-14,16H2,1H3,(H,24,25,26). The molecule has 3 heterocycles. The molecule has 7 nitrogen and oxygen atoms in total. The van der Waals surface area contributed by atoms with Gasteiger partial charge in [0.1, 0.15) is 17.3 Å². The quantitative estimate of drug-likeness (QED) is 0.724. The number of aromatic nitrogens is 3. The summed E-state index contributed by atoms with van der Waals surface area (Å²) in [5, 5.41) is 3.24. The summed E-state index contributed by atoms with van der Waals surface area (Å²) in [4.78, 5) is 30.2. The minimum Gasteiger partial charge on any atom is -0.368 e. The Balaban J connectivity index is 1.40. The maximum absolute atomic E-state index is 13.0. The Morgan fingerprint density at radius 1 is 1.00 bits per heavy atom. The van der Waals surface area contributed by atoms with Crippen molar-refractivity contribution in [2.75, 3.05) is 36.4 Å². The van der Waals surface area contributed by atoms with Crippen LogP contribution < -0.4 is 10.2 Å². The van der Waals surface area contributed by atoms with Crippen molar-refractivity contribution in [3.05, 3.63) is 78.0 Å². The zero-order valence-corrected chi connectivity index (χ0v) is 16.5. The minimum atomic E-state index is -0.0518. The molecular formula is C22H24N6O. The summed E-state index contributed by atoms with van der Waals surface area (Å²) in [6.07, 6.45) is 1.76. The van der Waals surface area contributed by atoms with Crippen LogP contribution in [-0.2, 0) is 6.54 Å². The number of anilines is 2. The summed E-state index contributed by atoms with van der Waals surface area (Å²) < 4.78 is 0. The van der Waals surface area contributed by atoms with Gasteiger partial charge >= 0.3 is 0 Å². The van der Waals surface area contributed by atoms with Crippen molar-refractivity contribution < 1.29 is 4.79 Å². The largest absolute Gasteiger partial charge is 0.368 e. The lowest BCUT2D eigenvalue weighted by molar-refractivity contribution is 0.0740. The third-order valence-electron chi connectivity index (χ3n) is 4.92. The highest BCUT2D eigenvalue weighted by molar-refractivity contribution is 5.93. The first-order chi connectivity index (χ1) is 14.2. The van der Waals surface area contributed by atoms with Crippen molar-refractivity contribution in [1.29, 1.82) is 0 Å². The van der Waals surface area contributed by atoms with Gasteiger partial charge in [-0.1, -0.05) is 24.3 Å². The molecule has 3 aromatic rings. The molecule has 0 bridgehead atoms. The Bertz CT molecular complexity index is 956. The average Bonchev–Trinajstić information content (AvgIpc) is 2.78. The number of hydrogen-bond acceptors (Lipinski definition) is 6. The second-order valence-corrected chi connectivity index (χ2v) is 6.98. The van der Waals surface area contributed by atoms with Crippen molar-refractivity contribution in [3.63, 3.8) is 0 Å². The second kappa shape index (κ2) is 8.68. The van der Waals surface area contributed by atoms with Gasteiger partial charge in [-0.2, -0.15) is 0 Å². The summed E-state index contributed by atoms with van der Waals surface area (Å²) >= 11 is 0. The van der Waals surface area contributed by atoms with Crippen LogP contribution in [0.2, 0.25) is 0 Å². The predicted octanol–water partition coefficient (Wildman–Crippen LogP) is 2.75. The molecular weight excluding hydrogens is 364 g/mol. The molecule has 1 saturated heterocycles. The number of benzene rings is 1. The van der Waals surface area contributed by atoms with Gasteiger partial charge in [0.2, 0.25) is 0 Å². The first-order valence-corrected chi connectivity index (χ1v) is 9.78. The number of rotatable bonds is 5. The molecule has 2 aromatic heterocycles. The van der Waals surface area contributed by atoms with Crippen LogP contribution in [0.15, 0.2) is 60.8 Å². The van der Waals surface area contributed by atoms with Crippen LogP contribution in [0.1, 0.15) is 22.0 Å². The lowest BCUT2D eigenvalue weighted by atomic mass is 10.2. The van der Waals surface area contributed by atoms with Crippen molar-refractivity contribution in [3.8, 4) is 0 Å². The molecule has 0 radical (unpaired) electrons. The molecule has 148 valence electrons. The Morgan fingerprint density at radius 3 is 2.48 bits per heavy atom. The number of amides is 1. The van der Waals surface area contributed by atoms with Crippen LogP contribution in [0, 0.1) is 6.92 Å². The molecule has 1 aromatic carbocycles. The van der Waals surface area contributed by atoms with Crippen molar-refractivity contribution >= 4 is 17.4 Å². The van der Waals surface area contributed by atoms with E-state index in [4.69, 9.17) is 0 Å². The second-order valence-electron chi connectivity index (χ2n) is 6.98. The molecule has 29 heavy (non-hydrogen) atoms. The van der Waals surface area contributed by atoms with Gasteiger partial charge in [0.15, 0.2) is 0 Å². The van der Waals surface area contributed by atoms with Crippen LogP contribution in [-0.4, -0.2) is 51.9 Å². The summed E-state index contributed by atoms with van der Waals surface area (Å²) in [6.45, 7) is 5.31. The van der Waals surface area contributed by atoms with E-state index >= 15 is 0 Å². The number of nitrogens with one attached hydrogen (secondary N) is 1. The lowest BCUT2D eigenvalue weighted by Gasteiger charge is -2.36. The maximum Gasteiger partial charge on any atom is 0.272 e. The molecule has 1 aliphatic rings. The monoisotopic (exact) mass is 388 g/mol. The van der Waals surface area contributed by atoms with Crippen LogP contribution in [0.4, 0.5) is 11.5 Å². The maximum atomic E-state index is 13.0. The van der Waals surface area contributed by atoms with Crippen LogP contribution in [0.25, 0.3) is 0 Å². The predicted molar refractivity (Wildman–Crippen MR) is 113 cm³/mol. The van der Waals surface area contributed by atoms with Crippen molar-refractivity contribution in [2.45, 2.75) is 13.5 Å². The average molecular weight is 388 g/mol. The van der Waals surface area contributed by atoms with Crippen LogP contribution in [0.5, 0.6) is 0 Å². The number of hydrogen-bond donors (Lipinski definition) is 1. The molecule has 0 atom stereocenters. The van der Waals surface area contributed by atoms with Crippen LogP contribution >= 0.6 is 0 Å². The van der Waals surface area contributed by atoms with E-state index in [-0.39, 0.29) is 5.91 Å². The minimum absolute atomic E-state index is 0.0518. The molecule has 1 aliphatic heterocycles. The van der Waals surface area contributed by atoms with Gasteiger partial charge in [-0.15, -0.1) is 0 Å². The summed E-state index contributed by atoms with van der Waals surface area (Å²) in [7, 11) is 0. The molecule has 1 N–H and O–H groups in total. The fourth-order valence-electron chi connectivity index (χ4n) is 3.42. The Labute approximate surface area is 170 Å². The number of pyridine rings is 1. The van der Waals surface area contributed by atoms with Gasteiger partial charge in [-0.3, -0.25) is 9.78 Å². The van der Waals surface area contributed by atoms with E-state index < -0.39 is 0 Å². The Morgan fingerprint density at radius 2 is 1.76 bits per heavy atom. The fourth-order valence-corrected chi connectivity index (χ4v) is 3.42. The van der Waals surface area contributed by atoms with Crippen LogP contribution in [0.3, 0.4) is 0 Å². The summed E-state index contributed by atoms with van der Waals surface area (Å²) in [5.41, 5.74) is 2.53. The molecule has 0 unspecified atom stereocenters. The number of carbonyl (C=O) groups is 1. The highest BCUT2D eigenvalue weighted by atomic mass is 16.2. The topological polar surface area (TPSA) is 74.2 Å². The molecule has 1 fully saturated rings. The molecule has 0 saturated carbocycles. The van der Waals surface area contributed by atoms with E-state index in [1.807, 2.05) is 41.3 Å². The third-order valence-corrected chi connectivity index (χ3v) is 4.92. The van der Waals surface area contributed by atoms with Gasteiger partial charge in [-0.05, 0) is 31.2 Å². The van der Waals surface area contributed by atoms with Gasteiger partial charge in [0.05, 0.1) is 12.2 Å². The number of aryl methyl sites for hydroxylation is 1. The van der Waals surface area contributed by atoms with E-state index in [2.05, 4.69) is 37.3 Å². The zero-order chi connectivity index (χ0) is 20.1. The Kier molecular flexibility index (Phi) is 5.65.